The molecule has 1 aliphatic heterocycles. The van der Waals surface area contributed by atoms with Crippen molar-refractivity contribution in [2.75, 3.05) is 39.9 Å². The predicted molar refractivity (Wildman–Crippen MR) is 215 cm³/mol. The van der Waals surface area contributed by atoms with E-state index in [0.29, 0.717) is 51.4 Å². The Kier molecular flexibility index (Phi) is 17.3. The highest BCUT2D eigenvalue weighted by Crippen LogP contribution is 2.25. The maximum atomic E-state index is 13.0. The fraction of sp³-hybridized carbons (Fsp3) is 0.537. The molecule has 4 aromatic rings. The molecule has 1 amide bonds. The van der Waals surface area contributed by atoms with Crippen molar-refractivity contribution in [3.8, 4) is 0 Å². The van der Waals surface area contributed by atoms with E-state index in [1.54, 1.807) is 23.0 Å². The number of thiazole rings is 2. The largest absolute Gasteiger partial charge is 0.444 e. The minimum absolute atomic E-state index is 0.114. The Labute approximate surface area is 328 Å². The molecule has 11 nitrogen and oxygen atoms in total. The van der Waals surface area contributed by atoms with Crippen LogP contribution in [0, 0.1) is 5.92 Å². The van der Waals surface area contributed by atoms with Gasteiger partial charge in [-0.15, -0.1) is 22.7 Å². The molecule has 3 heterocycles. The van der Waals surface area contributed by atoms with Gasteiger partial charge in [-0.25, -0.2) is 9.78 Å². The smallest absolute Gasteiger partial charge is 0.407 e. The van der Waals surface area contributed by atoms with Crippen molar-refractivity contribution in [2.45, 2.75) is 96.0 Å². The van der Waals surface area contributed by atoms with Crippen LogP contribution in [-0.4, -0.2) is 101 Å². The van der Waals surface area contributed by atoms with Crippen LogP contribution in [0.5, 0.6) is 0 Å². The summed E-state index contributed by atoms with van der Waals surface area (Å²) in [6.45, 7) is 8.83. The summed E-state index contributed by atoms with van der Waals surface area (Å²) < 4.78 is 11.1. The molecule has 1 fully saturated rings. The van der Waals surface area contributed by atoms with Gasteiger partial charge >= 0.3 is 6.09 Å². The predicted octanol–water partition coefficient (Wildman–Crippen LogP) is 6.04. The number of carbonyl (C=O) groups excluding carboxylic acids is 1. The van der Waals surface area contributed by atoms with Gasteiger partial charge < -0.3 is 25.0 Å². The standard InChI is InChI=1S/C41H58N6O5S2/c1-30(2)39-43-35(28-53-39)26-46(3)40(49)45-37(16-17-47-18-20-51-21-19-47)38(48)24-33(22-31-10-6-4-7-11-31)14-15-34(23-32-12-8-5-9-13-32)44-41(50)52-27-36-25-42-29-54-36/h4-13,25,28-30,33-34,37-38,40,45,48-49H,14-24,26-27H2,1-3H3,(H,44,50)/t33-,34?,37+,38-,40+/m1/s1. The number of carbonyl (C=O) groups is 1. The minimum atomic E-state index is -0.971. The highest BCUT2D eigenvalue weighted by molar-refractivity contribution is 7.09. The maximum Gasteiger partial charge on any atom is 0.407 e. The van der Waals surface area contributed by atoms with Crippen LogP contribution in [0.4, 0.5) is 4.79 Å². The molecule has 0 bridgehead atoms. The quantitative estimate of drug-likeness (QED) is 0.0701. The first kappa shape index (κ1) is 41.9. The summed E-state index contributed by atoms with van der Waals surface area (Å²) in [5.41, 5.74) is 4.98. The number of aliphatic hydroxyl groups excluding tert-OH is 2. The number of alkyl carbamates (subject to hydrolysis) is 1. The van der Waals surface area contributed by atoms with E-state index in [2.05, 4.69) is 64.0 Å². The number of morpholine rings is 1. The molecular weight excluding hydrogens is 721 g/mol. The van der Waals surface area contributed by atoms with Crippen LogP contribution in [0.3, 0.4) is 0 Å². The number of hydrogen-bond acceptors (Lipinski definition) is 12. The van der Waals surface area contributed by atoms with Crippen LogP contribution in [-0.2, 0) is 35.5 Å². The third-order valence-electron chi connectivity index (χ3n) is 9.92. The number of ether oxygens (including phenoxy) is 2. The fourth-order valence-corrected chi connectivity index (χ4v) is 8.16. The fourth-order valence-electron chi connectivity index (χ4n) is 6.83. The molecule has 13 heteroatoms. The van der Waals surface area contributed by atoms with Gasteiger partial charge in [-0.05, 0) is 69.2 Å². The van der Waals surface area contributed by atoms with Crippen molar-refractivity contribution < 1.29 is 24.5 Å². The first-order chi connectivity index (χ1) is 26.2. The number of aromatic nitrogens is 2. The van der Waals surface area contributed by atoms with Gasteiger partial charge in [0, 0.05) is 49.2 Å². The highest BCUT2D eigenvalue weighted by atomic mass is 32.1. The second kappa shape index (κ2) is 22.3. The zero-order chi connectivity index (χ0) is 38.1. The zero-order valence-corrected chi connectivity index (χ0v) is 33.5. The lowest BCUT2D eigenvalue weighted by Gasteiger charge is -2.35. The highest BCUT2D eigenvalue weighted by Gasteiger charge is 2.28. The van der Waals surface area contributed by atoms with Crippen LogP contribution in [0.1, 0.15) is 72.2 Å². The van der Waals surface area contributed by atoms with E-state index in [1.165, 1.54) is 16.9 Å². The molecule has 0 spiro atoms. The average molecular weight is 779 g/mol. The maximum absolute atomic E-state index is 13.0. The minimum Gasteiger partial charge on any atom is -0.444 e. The van der Waals surface area contributed by atoms with E-state index in [1.807, 2.05) is 48.3 Å². The van der Waals surface area contributed by atoms with Gasteiger partial charge in [0.05, 0.1) is 40.4 Å². The summed E-state index contributed by atoms with van der Waals surface area (Å²) in [5, 5.41) is 33.1. The molecule has 2 aromatic carbocycles. The second-order valence-electron chi connectivity index (χ2n) is 14.6. The number of amides is 1. The lowest BCUT2D eigenvalue weighted by molar-refractivity contribution is -0.0416. The van der Waals surface area contributed by atoms with E-state index in [9.17, 15) is 15.0 Å². The monoisotopic (exact) mass is 778 g/mol. The molecule has 1 aliphatic rings. The lowest BCUT2D eigenvalue weighted by Crippen LogP contribution is -2.53. The van der Waals surface area contributed by atoms with Crippen molar-refractivity contribution in [2.24, 2.45) is 5.92 Å². The van der Waals surface area contributed by atoms with Gasteiger partial charge in [0.15, 0.2) is 6.35 Å². The van der Waals surface area contributed by atoms with E-state index < -0.39 is 18.5 Å². The van der Waals surface area contributed by atoms with Crippen molar-refractivity contribution in [3.63, 3.8) is 0 Å². The molecule has 1 unspecified atom stereocenters. The van der Waals surface area contributed by atoms with Crippen LogP contribution < -0.4 is 10.6 Å². The van der Waals surface area contributed by atoms with E-state index in [0.717, 1.165) is 53.6 Å². The molecule has 1 saturated heterocycles. The Balaban J connectivity index is 1.27. The van der Waals surface area contributed by atoms with E-state index in [-0.39, 0.29) is 24.6 Å². The first-order valence-corrected chi connectivity index (χ1v) is 20.9. The molecule has 0 aliphatic carbocycles. The number of hydrogen-bond donors (Lipinski definition) is 4. The SMILES string of the molecule is CC(C)c1nc(CN(C)[C@@H](O)N[C@@H](CCN2CCOCC2)[C@H](O)C[C@H](CCC(Cc2ccccc2)NC(=O)OCc2cncs2)Cc2ccccc2)cs1. The summed E-state index contributed by atoms with van der Waals surface area (Å²) in [6.07, 6.45) is 3.70. The molecule has 54 heavy (non-hydrogen) atoms. The van der Waals surface area contributed by atoms with Crippen LogP contribution >= 0.6 is 22.7 Å². The second-order valence-corrected chi connectivity index (χ2v) is 16.5. The summed E-state index contributed by atoms with van der Waals surface area (Å²) in [5.74, 6) is 0.468. The summed E-state index contributed by atoms with van der Waals surface area (Å²) in [6, 6.07) is 20.0. The third kappa shape index (κ3) is 14.4. The Morgan fingerprint density at radius 3 is 2.33 bits per heavy atom. The van der Waals surface area contributed by atoms with Gasteiger partial charge in [0.2, 0.25) is 0 Å². The van der Waals surface area contributed by atoms with Gasteiger partial charge in [-0.2, -0.15) is 0 Å². The average Bonchev–Trinajstić information content (AvgIpc) is 3.89. The molecule has 2 aromatic heterocycles. The van der Waals surface area contributed by atoms with Crippen molar-refractivity contribution >= 4 is 28.8 Å². The first-order valence-electron chi connectivity index (χ1n) is 19.2. The van der Waals surface area contributed by atoms with Crippen molar-refractivity contribution in [1.82, 2.24) is 30.4 Å². The third-order valence-corrected chi connectivity index (χ3v) is 11.9. The number of rotatable bonds is 22. The van der Waals surface area contributed by atoms with Gasteiger partial charge in [-0.1, -0.05) is 74.5 Å². The van der Waals surface area contributed by atoms with Crippen LogP contribution in [0.25, 0.3) is 0 Å². The van der Waals surface area contributed by atoms with Crippen molar-refractivity contribution in [1.29, 1.82) is 0 Å². The molecule has 5 atom stereocenters. The molecular formula is C41H58N6O5S2. The zero-order valence-electron chi connectivity index (χ0n) is 31.9. The molecule has 5 rings (SSSR count). The molecule has 294 valence electrons. The number of nitrogens with one attached hydrogen (secondary N) is 2. The van der Waals surface area contributed by atoms with Gasteiger partial charge in [0.1, 0.15) is 6.61 Å². The summed E-state index contributed by atoms with van der Waals surface area (Å²) >= 11 is 3.10. The summed E-state index contributed by atoms with van der Waals surface area (Å²) in [4.78, 5) is 26.9. The number of aliphatic hydroxyl groups is 2. The number of nitrogens with zero attached hydrogens (tertiary/aromatic N) is 4. The molecule has 0 saturated carbocycles. The normalized spacial score (nSPS) is 16.6. The van der Waals surface area contributed by atoms with Gasteiger partial charge in [-0.3, -0.25) is 20.1 Å². The Morgan fingerprint density at radius 2 is 1.69 bits per heavy atom. The summed E-state index contributed by atoms with van der Waals surface area (Å²) in [7, 11) is 1.87. The Bertz CT molecular complexity index is 1610. The van der Waals surface area contributed by atoms with Crippen LogP contribution in [0.15, 0.2) is 77.8 Å². The Hall–Kier alpha value is -3.27. The molecule has 0 radical (unpaired) electrons. The molecule has 4 N–H and O–H groups in total. The number of benzene rings is 2. The van der Waals surface area contributed by atoms with E-state index in [4.69, 9.17) is 14.5 Å². The van der Waals surface area contributed by atoms with Gasteiger partial charge in [0.25, 0.3) is 0 Å². The van der Waals surface area contributed by atoms with Crippen LogP contribution in [0.2, 0.25) is 0 Å². The lowest BCUT2D eigenvalue weighted by atomic mass is 9.85. The Morgan fingerprint density at radius 1 is 0.981 bits per heavy atom. The topological polar surface area (TPSA) is 132 Å². The van der Waals surface area contributed by atoms with E-state index >= 15 is 0 Å². The van der Waals surface area contributed by atoms with Crippen molar-refractivity contribution in [3.05, 3.63) is 104 Å².